The zero-order valence-electron chi connectivity index (χ0n) is 16.8. The number of carbonyl (C=O) groups excluding carboxylic acids is 2. The molecule has 3 rings (SSSR count). The Balaban J connectivity index is 1.56. The van der Waals surface area contributed by atoms with Gasteiger partial charge >= 0.3 is 5.97 Å². The number of para-hydroxylation sites is 1. The number of aryl methyl sites for hydroxylation is 1. The largest absolute Gasteiger partial charge is 0.483 e. The molecule has 0 spiro atoms. The van der Waals surface area contributed by atoms with Crippen LogP contribution in [0.15, 0.2) is 70.2 Å². The van der Waals surface area contributed by atoms with Crippen LogP contribution in [0.25, 0.3) is 11.3 Å². The fourth-order valence-corrected chi connectivity index (χ4v) is 2.65. The number of hydrogen-bond donors (Lipinski definition) is 1. The van der Waals surface area contributed by atoms with E-state index in [-0.39, 0.29) is 18.5 Å². The first-order valence-electron chi connectivity index (χ1n) is 9.44. The molecule has 0 radical (unpaired) electrons. The van der Waals surface area contributed by atoms with Crippen molar-refractivity contribution in [3.05, 3.63) is 77.6 Å². The Morgan fingerprint density at radius 2 is 1.93 bits per heavy atom. The lowest BCUT2D eigenvalue weighted by Gasteiger charge is -2.07. The Morgan fingerprint density at radius 3 is 2.73 bits per heavy atom. The number of furan rings is 1. The molecule has 2 aromatic carbocycles. The Bertz CT molecular complexity index is 1060. The minimum Gasteiger partial charge on any atom is -0.483 e. The second-order valence-corrected chi connectivity index (χ2v) is 6.35. The highest BCUT2D eigenvalue weighted by molar-refractivity contribution is 5.91. The zero-order valence-corrected chi connectivity index (χ0v) is 16.8. The first-order chi connectivity index (χ1) is 14.6. The molecule has 0 aliphatic rings. The van der Waals surface area contributed by atoms with Crippen molar-refractivity contribution in [1.29, 1.82) is 0 Å². The van der Waals surface area contributed by atoms with E-state index in [2.05, 4.69) is 10.5 Å². The van der Waals surface area contributed by atoms with Crippen molar-refractivity contribution >= 4 is 18.1 Å². The van der Waals surface area contributed by atoms with Gasteiger partial charge in [-0.1, -0.05) is 30.3 Å². The molecule has 0 atom stereocenters. The summed E-state index contributed by atoms with van der Waals surface area (Å²) >= 11 is 0. The van der Waals surface area contributed by atoms with Crippen LogP contribution in [0.2, 0.25) is 0 Å². The number of hydrazone groups is 1. The second-order valence-electron chi connectivity index (χ2n) is 6.35. The maximum atomic E-state index is 11.9. The maximum Gasteiger partial charge on any atom is 0.338 e. The standard InChI is InChI=1S/C23H22N2O5/c1-3-28-23(27)18-9-6-8-17(13-18)21-12-11-19(30-21)14-24-25-22(26)15-29-20-10-5-4-7-16(20)2/h4-14H,3,15H2,1-2H3,(H,25,26)/b24-14-. The Hall–Kier alpha value is -3.87. The molecule has 0 saturated carbocycles. The summed E-state index contributed by atoms with van der Waals surface area (Å²) in [5, 5.41) is 3.88. The summed E-state index contributed by atoms with van der Waals surface area (Å²) in [4.78, 5) is 23.8. The van der Waals surface area contributed by atoms with Gasteiger partial charge in [0.15, 0.2) is 6.61 Å². The number of hydrogen-bond acceptors (Lipinski definition) is 6. The summed E-state index contributed by atoms with van der Waals surface area (Å²) in [6.07, 6.45) is 1.39. The highest BCUT2D eigenvalue weighted by Gasteiger charge is 2.10. The van der Waals surface area contributed by atoms with Gasteiger partial charge in [0.25, 0.3) is 5.91 Å². The summed E-state index contributed by atoms with van der Waals surface area (Å²) in [5.74, 6) is 0.896. The van der Waals surface area contributed by atoms with Crippen LogP contribution in [0.4, 0.5) is 0 Å². The minimum atomic E-state index is -0.386. The van der Waals surface area contributed by atoms with Crippen LogP contribution in [0, 0.1) is 6.92 Å². The van der Waals surface area contributed by atoms with E-state index in [9.17, 15) is 9.59 Å². The smallest absolute Gasteiger partial charge is 0.338 e. The van der Waals surface area contributed by atoms with Gasteiger partial charge in [0.05, 0.1) is 18.4 Å². The summed E-state index contributed by atoms with van der Waals surface area (Å²) < 4.78 is 16.2. The van der Waals surface area contributed by atoms with Crippen LogP contribution in [0.3, 0.4) is 0 Å². The van der Waals surface area contributed by atoms with Crippen LogP contribution in [0.5, 0.6) is 5.75 Å². The third-order valence-electron chi connectivity index (χ3n) is 4.12. The maximum absolute atomic E-state index is 11.9. The number of esters is 1. The van der Waals surface area contributed by atoms with Crippen LogP contribution in [-0.4, -0.2) is 31.3 Å². The Labute approximate surface area is 174 Å². The molecule has 0 aliphatic carbocycles. The van der Waals surface area contributed by atoms with Crippen molar-refractivity contribution in [2.75, 3.05) is 13.2 Å². The van der Waals surface area contributed by atoms with E-state index >= 15 is 0 Å². The number of ether oxygens (including phenoxy) is 2. The van der Waals surface area contributed by atoms with E-state index < -0.39 is 0 Å². The first kappa shape index (κ1) is 20.9. The third kappa shape index (κ3) is 5.57. The molecule has 7 heteroatoms. The number of nitrogens with one attached hydrogen (secondary N) is 1. The topological polar surface area (TPSA) is 90.1 Å². The SMILES string of the molecule is CCOC(=O)c1cccc(-c2ccc(/C=N\NC(=O)COc3ccccc3C)o2)c1. The van der Waals surface area contributed by atoms with E-state index in [1.165, 1.54) is 6.21 Å². The number of amides is 1. The fourth-order valence-electron chi connectivity index (χ4n) is 2.65. The van der Waals surface area contributed by atoms with E-state index in [1.54, 1.807) is 43.3 Å². The minimum absolute atomic E-state index is 0.147. The average Bonchev–Trinajstić information content (AvgIpc) is 3.22. The molecule has 0 aliphatic heterocycles. The van der Waals surface area contributed by atoms with Crippen molar-refractivity contribution in [2.24, 2.45) is 5.10 Å². The number of rotatable bonds is 8. The molecule has 0 bridgehead atoms. The van der Waals surface area contributed by atoms with Crippen LogP contribution in [-0.2, 0) is 9.53 Å². The molecule has 30 heavy (non-hydrogen) atoms. The molecular formula is C23H22N2O5. The van der Waals surface area contributed by atoms with Gasteiger partial charge < -0.3 is 13.9 Å². The molecule has 0 saturated heterocycles. The molecule has 154 valence electrons. The summed E-state index contributed by atoms with van der Waals surface area (Å²) in [5.41, 5.74) is 4.52. The van der Waals surface area contributed by atoms with Crippen molar-refractivity contribution < 1.29 is 23.5 Å². The van der Waals surface area contributed by atoms with Crippen LogP contribution >= 0.6 is 0 Å². The van der Waals surface area contributed by atoms with Gasteiger partial charge in [0, 0.05) is 5.56 Å². The normalized spacial score (nSPS) is 10.7. The van der Waals surface area contributed by atoms with Crippen LogP contribution < -0.4 is 10.2 Å². The molecule has 0 unspecified atom stereocenters. The lowest BCUT2D eigenvalue weighted by molar-refractivity contribution is -0.123. The van der Waals surface area contributed by atoms with Crippen molar-refractivity contribution in [3.63, 3.8) is 0 Å². The molecule has 1 aromatic heterocycles. The van der Waals surface area contributed by atoms with Crippen molar-refractivity contribution in [1.82, 2.24) is 5.43 Å². The molecular weight excluding hydrogens is 384 g/mol. The number of benzene rings is 2. The van der Waals surface area contributed by atoms with E-state index in [0.29, 0.717) is 29.4 Å². The van der Waals surface area contributed by atoms with Gasteiger partial charge in [0.1, 0.15) is 17.3 Å². The molecule has 1 amide bonds. The van der Waals surface area contributed by atoms with Gasteiger partial charge in [-0.2, -0.15) is 5.10 Å². The quantitative estimate of drug-likeness (QED) is 0.347. The summed E-state index contributed by atoms with van der Waals surface area (Å²) in [6.45, 7) is 3.83. The monoisotopic (exact) mass is 406 g/mol. The van der Waals surface area contributed by atoms with E-state index in [4.69, 9.17) is 13.9 Å². The lowest BCUT2D eigenvalue weighted by atomic mass is 10.1. The highest BCUT2D eigenvalue weighted by atomic mass is 16.5. The Kier molecular flexibility index (Phi) is 7.00. The molecule has 7 nitrogen and oxygen atoms in total. The van der Waals surface area contributed by atoms with Crippen molar-refractivity contribution in [2.45, 2.75) is 13.8 Å². The third-order valence-corrected chi connectivity index (χ3v) is 4.12. The molecule has 1 heterocycles. The lowest BCUT2D eigenvalue weighted by Crippen LogP contribution is -2.24. The van der Waals surface area contributed by atoms with E-state index in [1.807, 2.05) is 31.2 Å². The highest BCUT2D eigenvalue weighted by Crippen LogP contribution is 2.23. The van der Waals surface area contributed by atoms with Gasteiger partial charge in [-0.25, -0.2) is 10.2 Å². The van der Waals surface area contributed by atoms with Gasteiger partial charge in [0.2, 0.25) is 0 Å². The fraction of sp³-hybridized carbons (Fsp3) is 0.174. The molecule has 0 fully saturated rings. The zero-order chi connectivity index (χ0) is 21.3. The van der Waals surface area contributed by atoms with Crippen LogP contribution in [0.1, 0.15) is 28.6 Å². The van der Waals surface area contributed by atoms with E-state index in [0.717, 1.165) is 11.1 Å². The Morgan fingerprint density at radius 1 is 1.10 bits per heavy atom. The predicted molar refractivity (Wildman–Crippen MR) is 113 cm³/mol. The van der Waals surface area contributed by atoms with Gasteiger partial charge in [-0.15, -0.1) is 0 Å². The number of nitrogens with zero attached hydrogens (tertiary/aromatic N) is 1. The van der Waals surface area contributed by atoms with Gasteiger partial charge in [-0.05, 0) is 49.7 Å². The molecule has 3 aromatic rings. The second kappa shape index (κ2) is 10.1. The first-order valence-corrected chi connectivity index (χ1v) is 9.44. The summed E-state index contributed by atoms with van der Waals surface area (Å²) in [7, 11) is 0. The van der Waals surface area contributed by atoms with Crippen molar-refractivity contribution in [3.8, 4) is 17.1 Å². The predicted octanol–water partition coefficient (Wildman–Crippen LogP) is 3.96. The number of carbonyl (C=O) groups is 2. The summed E-state index contributed by atoms with van der Waals surface area (Å²) in [6, 6.07) is 17.9. The average molecular weight is 406 g/mol. The molecule has 1 N–H and O–H groups in total. The van der Waals surface area contributed by atoms with Gasteiger partial charge in [-0.3, -0.25) is 4.79 Å².